The smallest absolute Gasteiger partial charge is 0.412 e. The number of ether oxygens (including phenoxy) is 3. The maximum absolute atomic E-state index is 12.3. The van der Waals surface area contributed by atoms with E-state index >= 15 is 0 Å². The second-order valence-corrected chi connectivity index (χ2v) is 8.18. The molecule has 3 fully saturated rings. The second-order valence-electron chi connectivity index (χ2n) is 8.18. The first-order chi connectivity index (χ1) is 13.5. The number of hydrogen-bond donors (Lipinski definition) is 2. The number of amides is 2. The van der Waals surface area contributed by atoms with E-state index in [0.29, 0.717) is 18.2 Å². The zero-order valence-electron chi connectivity index (χ0n) is 16.4. The Hall–Kier alpha value is -2.12. The standard InChI is InChI=1S/C21H28N2O5/c1-12(2)13-6-8-15(9-7-13)22-21(25)28-17-11-27-18-16(10-26-19(17)18)23-20(24)14-4-3-5-14/h6-9,12,14,16-19H,3-5,10-11H2,1-2H3,(H,22,25)(H,23,24)/t16-,17-,18-,19+/m0/s1. The predicted octanol–water partition coefficient (Wildman–Crippen LogP) is 2.81. The van der Waals surface area contributed by atoms with Gasteiger partial charge in [0.1, 0.15) is 12.2 Å². The molecule has 2 heterocycles. The van der Waals surface area contributed by atoms with Crippen LogP contribution in [0.2, 0.25) is 0 Å². The topological polar surface area (TPSA) is 85.9 Å². The average Bonchev–Trinajstić information content (AvgIpc) is 3.17. The molecule has 2 saturated heterocycles. The Bertz CT molecular complexity index is 716. The van der Waals surface area contributed by atoms with E-state index in [1.54, 1.807) is 0 Å². The minimum absolute atomic E-state index is 0.0797. The molecular formula is C21H28N2O5. The van der Waals surface area contributed by atoms with Crippen LogP contribution in [0.3, 0.4) is 0 Å². The van der Waals surface area contributed by atoms with Gasteiger partial charge in [-0.3, -0.25) is 10.1 Å². The van der Waals surface area contributed by atoms with Crippen molar-refractivity contribution in [3.63, 3.8) is 0 Å². The molecule has 7 heteroatoms. The van der Waals surface area contributed by atoms with Crippen LogP contribution in [-0.2, 0) is 19.0 Å². The summed E-state index contributed by atoms with van der Waals surface area (Å²) < 4.78 is 17.1. The minimum atomic E-state index is -0.530. The van der Waals surface area contributed by atoms with Gasteiger partial charge in [0.05, 0.1) is 19.3 Å². The fourth-order valence-corrected chi connectivity index (χ4v) is 3.90. The van der Waals surface area contributed by atoms with Crippen LogP contribution >= 0.6 is 0 Å². The van der Waals surface area contributed by atoms with Gasteiger partial charge in [-0.25, -0.2) is 4.79 Å². The highest BCUT2D eigenvalue weighted by molar-refractivity contribution is 5.84. The van der Waals surface area contributed by atoms with Crippen molar-refractivity contribution >= 4 is 17.7 Å². The molecule has 152 valence electrons. The number of benzene rings is 1. The number of hydrogen-bond acceptors (Lipinski definition) is 5. The summed E-state index contributed by atoms with van der Waals surface area (Å²) in [7, 11) is 0. The summed E-state index contributed by atoms with van der Waals surface area (Å²) >= 11 is 0. The van der Waals surface area contributed by atoms with Crippen LogP contribution in [0.5, 0.6) is 0 Å². The van der Waals surface area contributed by atoms with Crippen molar-refractivity contribution in [1.29, 1.82) is 0 Å². The van der Waals surface area contributed by atoms with Crippen molar-refractivity contribution in [2.75, 3.05) is 18.5 Å². The molecule has 2 N–H and O–H groups in total. The fourth-order valence-electron chi connectivity index (χ4n) is 3.90. The van der Waals surface area contributed by atoms with Gasteiger partial charge in [0, 0.05) is 11.6 Å². The fraction of sp³-hybridized carbons (Fsp3) is 0.619. The Balaban J connectivity index is 1.27. The first-order valence-corrected chi connectivity index (χ1v) is 10.1. The maximum atomic E-state index is 12.3. The molecule has 1 saturated carbocycles. The molecule has 7 nitrogen and oxygen atoms in total. The quantitative estimate of drug-likeness (QED) is 0.810. The molecule has 4 atom stereocenters. The average molecular weight is 388 g/mol. The highest BCUT2D eigenvalue weighted by Gasteiger charge is 2.50. The highest BCUT2D eigenvalue weighted by Crippen LogP contribution is 2.31. The number of rotatable bonds is 5. The number of carbonyl (C=O) groups is 2. The molecule has 0 spiro atoms. The van der Waals surface area contributed by atoms with Crippen LogP contribution in [0.15, 0.2) is 24.3 Å². The largest absolute Gasteiger partial charge is 0.441 e. The first kappa shape index (κ1) is 19.2. The van der Waals surface area contributed by atoms with Crippen molar-refractivity contribution in [2.24, 2.45) is 5.92 Å². The van der Waals surface area contributed by atoms with Gasteiger partial charge in [-0.1, -0.05) is 32.4 Å². The molecule has 0 bridgehead atoms. The Morgan fingerprint density at radius 2 is 1.79 bits per heavy atom. The van der Waals surface area contributed by atoms with Crippen LogP contribution < -0.4 is 10.6 Å². The summed E-state index contributed by atoms with van der Waals surface area (Å²) in [6.45, 7) is 4.89. The summed E-state index contributed by atoms with van der Waals surface area (Å²) in [4.78, 5) is 24.4. The van der Waals surface area contributed by atoms with Crippen LogP contribution in [0.4, 0.5) is 10.5 Å². The lowest BCUT2D eigenvalue weighted by atomic mass is 9.84. The van der Waals surface area contributed by atoms with Gasteiger partial charge in [0.25, 0.3) is 0 Å². The Labute approximate surface area is 165 Å². The SMILES string of the molecule is CC(C)c1ccc(NC(=O)O[C@H]2CO[C@@H]3[C@@H]2OC[C@@H]3NC(=O)C2CCC2)cc1. The van der Waals surface area contributed by atoms with Crippen LogP contribution in [0, 0.1) is 5.92 Å². The van der Waals surface area contributed by atoms with Gasteiger partial charge in [-0.05, 0) is 36.5 Å². The van der Waals surface area contributed by atoms with E-state index in [1.807, 2.05) is 24.3 Å². The summed E-state index contributed by atoms with van der Waals surface area (Å²) in [6, 6.07) is 7.53. The molecule has 1 aliphatic carbocycles. The number of anilines is 1. The number of nitrogens with one attached hydrogen (secondary N) is 2. The van der Waals surface area contributed by atoms with E-state index in [9.17, 15) is 9.59 Å². The van der Waals surface area contributed by atoms with Crippen molar-refractivity contribution < 1.29 is 23.8 Å². The Morgan fingerprint density at radius 1 is 1.07 bits per heavy atom. The Morgan fingerprint density at radius 3 is 2.43 bits per heavy atom. The summed E-state index contributed by atoms with van der Waals surface area (Å²) in [6.07, 6.45) is 1.40. The first-order valence-electron chi connectivity index (χ1n) is 10.1. The predicted molar refractivity (Wildman–Crippen MR) is 103 cm³/mol. The van der Waals surface area contributed by atoms with Gasteiger partial charge in [0.15, 0.2) is 6.10 Å². The van der Waals surface area contributed by atoms with E-state index in [2.05, 4.69) is 24.5 Å². The van der Waals surface area contributed by atoms with Gasteiger partial charge < -0.3 is 19.5 Å². The van der Waals surface area contributed by atoms with Crippen molar-refractivity contribution in [3.8, 4) is 0 Å². The molecule has 28 heavy (non-hydrogen) atoms. The molecule has 3 aliphatic rings. The van der Waals surface area contributed by atoms with E-state index in [1.165, 1.54) is 5.56 Å². The van der Waals surface area contributed by atoms with E-state index < -0.39 is 12.2 Å². The number of carbonyl (C=O) groups excluding carboxylic acids is 2. The molecule has 1 aromatic rings. The minimum Gasteiger partial charge on any atom is -0.441 e. The molecule has 1 aromatic carbocycles. The zero-order chi connectivity index (χ0) is 19.7. The molecule has 0 radical (unpaired) electrons. The third kappa shape index (κ3) is 4.00. The van der Waals surface area contributed by atoms with Crippen LogP contribution in [0.25, 0.3) is 0 Å². The highest BCUT2D eigenvalue weighted by atomic mass is 16.6. The summed E-state index contributed by atoms with van der Waals surface area (Å²) in [5.74, 6) is 0.641. The molecule has 2 aliphatic heterocycles. The zero-order valence-corrected chi connectivity index (χ0v) is 16.4. The molecule has 4 rings (SSSR count). The third-order valence-corrected chi connectivity index (χ3v) is 5.89. The maximum Gasteiger partial charge on any atom is 0.412 e. The van der Waals surface area contributed by atoms with Crippen LogP contribution in [0.1, 0.15) is 44.6 Å². The lowest BCUT2D eigenvalue weighted by Gasteiger charge is -2.27. The van der Waals surface area contributed by atoms with E-state index in [4.69, 9.17) is 14.2 Å². The molecule has 0 aromatic heterocycles. The third-order valence-electron chi connectivity index (χ3n) is 5.89. The van der Waals surface area contributed by atoms with E-state index in [0.717, 1.165) is 19.3 Å². The molecular weight excluding hydrogens is 360 g/mol. The normalized spacial score (nSPS) is 29.2. The van der Waals surface area contributed by atoms with Crippen molar-refractivity contribution in [3.05, 3.63) is 29.8 Å². The van der Waals surface area contributed by atoms with Gasteiger partial charge >= 0.3 is 6.09 Å². The molecule has 2 amide bonds. The summed E-state index contributed by atoms with van der Waals surface area (Å²) in [5, 5.41) is 5.78. The second kappa shape index (κ2) is 8.09. The van der Waals surface area contributed by atoms with Crippen LogP contribution in [-0.4, -0.2) is 49.6 Å². The monoisotopic (exact) mass is 388 g/mol. The lowest BCUT2D eigenvalue weighted by Crippen LogP contribution is -2.47. The van der Waals surface area contributed by atoms with Gasteiger partial charge in [-0.2, -0.15) is 0 Å². The lowest BCUT2D eigenvalue weighted by molar-refractivity contribution is -0.128. The van der Waals surface area contributed by atoms with Crippen molar-refractivity contribution in [2.45, 2.75) is 63.4 Å². The van der Waals surface area contributed by atoms with Gasteiger partial charge in [-0.15, -0.1) is 0 Å². The Kier molecular flexibility index (Phi) is 5.55. The van der Waals surface area contributed by atoms with Crippen molar-refractivity contribution in [1.82, 2.24) is 5.32 Å². The summed E-state index contributed by atoms with van der Waals surface area (Å²) in [5.41, 5.74) is 1.89. The van der Waals surface area contributed by atoms with Gasteiger partial charge in [0.2, 0.25) is 5.91 Å². The molecule has 0 unspecified atom stereocenters. The van der Waals surface area contributed by atoms with E-state index in [-0.39, 0.29) is 36.7 Å². The number of fused-ring (bicyclic) bond motifs is 1.